The van der Waals surface area contributed by atoms with Crippen molar-refractivity contribution < 1.29 is 5.11 Å². The van der Waals surface area contributed by atoms with E-state index in [1.807, 2.05) is 6.08 Å². The van der Waals surface area contributed by atoms with Gasteiger partial charge in [0, 0.05) is 0 Å². The molecule has 0 aliphatic heterocycles. The largest absolute Gasteiger partial charge is 0.392 e. The second kappa shape index (κ2) is 9.00. The van der Waals surface area contributed by atoms with E-state index in [-0.39, 0.29) is 16.9 Å². The van der Waals surface area contributed by atoms with Gasteiger partial charge >= 0.3 is 0 Å². The summed E-state index contributed by atoms with van der Waals surface area (Å²) in [5.41, 5.74) is 5.86. The molecule has 0 bridgehead atoms. The average Bonchev–Trinajstić information content (AvgIpc) is 3.09. The second-order valence-corrected chi connectivity index (χ2v) is 13.9. The lowest BCUT2D eigenvalue weighted by atomic mass is 9.44. The molecule has 0 unspecified atom stereocenters. The van der Waals surface area contributed by atoms with Crippen molar-refractivity contribution in [1.82, 2.24) is 0 Å². The summed E-state index contributed by atoms with van der Waals surface area (Å²) in [6.45, 7) is 21.2. The van der Waals surface area contributed by atoms with Gasteiger partial charge in [0.2, 0.25) is 0 Å². The van der Waals surface area contributed by atoms with Crippen LogP contribution in [-0.4, -0.2) is 11.2 Å². The van der Waals surface area contributed by atoms with Crippen LogP contribution in [-0.2, 0) is 0 Å². The highest BCUT2D eigenvalue weighted by molar-refractivity contribution is 5.50. The Morgan fingerprint density at radius 3 is 2.48 bits per heavy atom. The highest BCUT2D eigenvalue weighted by Gasteiger charge is 2.59. The molecular weight excluding hydrogens is 400 g/mol. The van der Waals surface area contributed by atoms with Gasteiger partial charge in [0.1, 0.15) is 0 Å². The maximum Gasteiger partial charge on any atom is 0.0625 e. The van der Waals surface area contributed by atoms with Crippen LogP contribution in [0, 0.1) is 45.8 Å². The average molecular weight is 453 g/mol. The molecule has 1 nitrogen and oxygen atoms in total. The smallest absolute Gasteiger partial charge is 0.0625 e. The van der Waals surface area contributed by atoms with E-state index in [1.165, 1.54) is 51.4 Å². The van der Waals surface area contributed by atoms with Gasteiger partial charge in [-0.3, -0.25) is 0 Å². The summed E-state index contributed by atoms with van der Waals surface area (Å²) in [6.07, 6.45) is 17.1. The molecule has 1 N–H and O–H groups in total. The van der Waals surface area contributed by atoms with Gasteiger partial charge in [-0.25, -0.2) is 0 Å². The molecule has 0 spiro atoms. The monoisotopic (exact) mass is 452 g/mol. The van der Waals surface area contributed by atoms with E-state index < -0.39 is 0 Å². The molecule has 7 atom stereocenters. The van der Waals surface area contributed by atoms with Crippen LogP contribution < -0.4 is 0 Å². The Morgan fingerprint density at radius 1 is 1.09 bits per heavy atom. The summed E-state index contributed by atoms with van der Waals surface area (Å²) < 4.78 is 0. The highest BCUT2D eigenvalue weighted by atomic mass is 16.3. The minimum Gasteiger partial charge on any atom is -0.392 e. The number of fused-ring (bicyclic) bond motifs is 4. The molecule has 0 amide bonds. The van der Waals surface area contributed by atoms with Gasteiger partial charge in [-0.15, -0.1) is 6.58 Å². The third-order valence-electron chi connectivity index (χ3n) is 11.1. The van der Waals surface area contributed by atoms with Gasteiger partial charge in [-0.2, -0.15) is 0 Å². The molecule has 1 saturated carbocycles. The van der Waals surface area contributed by atoms with Crippen molar-refractivity contribution in [2.75, 3.05) is 0 Å². The molecule has 0 heterocycles. The summed E-state index contributed by atoms with van der Waals surface area (Å²) in [4.78, 5) is 0. The van der Waals surface area contributed by atoms with Crippen molar-refractivity contribution >= 4 is 0 Å². The standard InChI is InChI=1S/C32H52O/c1-9-11-23-20-32(8)27-18-19-31(7)25(22(4)13-10-12-21(2)3)15-16-26(31)24(27)14-17-28(32)30(5,6)29(23)33/h9,16,21-23,25,28-29,33H,1,10-15,17-20H2,2-8H3/t22-,23-,25-,28+,29-,31-,32-/m1/s1. The lowest BCUT2D eigenvalue weighted by molar-refractivity contribution is -0.125. The van der Waals surface area contributed by atoms with E-state index in [0.29, 0.717) is 17.3 Å². The molecule has 0 saturated heterocycles. The topological polar surface area (TPSA) is 20.2 Å². The summed E-state index contributed by atoms with van der Waals surface area (Å²) in [5, 5.41) is 11.3. The Bertz CT molecular complexity index is 812. The first-order valence-corrected chi connectivity index (χ1v) is 14.2. The highest BCUT2D eigenvalue weighted by Crippen LogP contribution is 2.67. The zero-order valence-electron chi connectivity index (χ0n) is 22.8. The van der Waals surface area contributed by atoms with Crippen LogP contribution in [0.3, 0.4) is 0 Å². The van der Waals surface area contributed by atoms with E-state index in [2.05, 4.69) is 61.1 Å². The normalized spacial score (nSPS) is 40.7. The molecular formula is C32H52O. The lowest BCUT2D eigenvalue weighted by Crippen LogP contribution is -2.56. The van der Waals surface area contributed by atoms with Crippen molar-refractivity contribution in [2.24, 2.45) is 45.8 Å². The van der Waals surface area contributed by atoms with Gasteiger partial charge < -0.3 is 5.11 Å². The van der Waals surface area contributed by atoms with Crippen molar-refractivity contribution in [3.8, 4) is 0 Å². The molecule has 4 aliphatic carbocycles. The fourth-order valence-electron chi connectivity index (χ4n) is 9.42. The number of aliphatic hydroxyl groups is 1. The van der Waals surface area contributed by atoms with Crippen molar-refractivity contribution in [3.05, 3.63) is 35.5 Å². The van der Waals surface area contributed by atoms with E-state index in [0.717, 1.165) is 30.6 Å². The van der Waals surface area contributed by atoms with E-state index in [4.69, 9.17) is 0 Å². The van der Waals surface area contributed by atoms with Crippen LogP contribution in [0.15, 0.2) is 35.5 Å². The third-order valence-corrected chi connectivity index (χ3v) is 11.1. The molecule has 0 aromatic rings. The van der Waals surface area contributed by atoms with E-state index in [1.54, 1.807) is 16.7 Å². The fourth-order valence-corrected chi connectivity index (χ4v) is 9.42. The Hall–Kier alpha value is -0.820. The summed E-state index contributed by atoms with van der Waals surface area (Å²) in [5.74, 6) is 3.38. The molecule has 1 fully saturated rings. The van der Waals surface area contributed by atoms with Gasteiger partial charge in [0.25, 0.3) is 0 Å². The minimum atomic E-state index is -0.216. The summed E-state index contributed by atoms with van der Waals surface area (Å²) in [6, 6.07) is 0. The number of hydrogen-bond acceptors (Lipinski definition) is 1. The maximum absolute atomic E-state index is 11.3. The molecule has 0 aromatic carbocycles. The zero-order chi connectivity index (χ0) is 24.2. The minimum absolute atomic E-state index is 0.0303. The predicted molar refractivity (Wildman–Crippen MR) is 142 cm³/mol. The SMILES string of the molecule is C=CC[C@@H]1C[C@]2(C)C3=C(CC[C@H]2C(C)(C)[C@@H]1O)C1=CC[C@H]([C@H](C)CCCC(C)C)[C@@]1(C)CC3. The van der Waals surface area contributed by atoms with E-state index >= 15 is 0 Å². The zero-order valence-corrected chi connectivity index (χ0v) is 22.8. The summed E-state index contributed by atoms with van der Waals surface area (Å²) >= 11 is 0. The number of hydrogen-bond donors (Lipinski definition) is 1. The van der Waals surface area contributed by atoms with Gasteiger partial charge in [-0.1, -0.05) is 85.5 Å². The molecule has 186 valence electrons. The van der Waals surface area contributed by atoms with Crippen LogP contribution in [0.25, 0.3) is 0 Å². The number of aliphatic hydroxyl groups excluding tert-OH is 1. The Morgan fingerprint density at radius 2 is 1.82 bits per heavy atom. The maximum atomic E-state index is 11.3. The number of rotatable bonds is 7. The van der Waals surface area contributed by atoms with Crippen LogP contribution in [0.5, 0.6) is 0 Å². The van der Waals surface area contributed by atoms with Crippen LogP contribution in [0.1, 0.15) is 113 Å². The van der Waals surface area contributed by atoms with Crippen molar-refractivity contribution in [3.63, 3.8) is 0 Å². The van der Waals surface area contributed by atoms with Crippen LogP contribution in [0.2, 0.25) is 0 Å². The van der Waals surface area contributed by atoms with Gasteiger partial charge in [-0.05, 0) is 102 Å². The molecule has 1 heteroatoms. The second-order valence-electron chi connectivity index (χ2n) is 13.9. The first-order valence-electron chi connectivity index (χ1n) is 14.2. The summed E-state index contributed by atoms with van der Waals surface area (Å²) in [7, 11) is 0. The van der Waals surface area contributed by atoms with Gasteiger partial charge in [0.05, 0.1) is 6.10 Å². The van der Waals surface area contributed by atoms with Gasteiger partial charge in [0.15, 0.2) is 0 Å². The van der Waals surface area contributed by atoms with Crippen LogP contribution >= 0.6 is 0 Å². The Labute approximate surface area is 205 Å². The molecule has 0 aromatic heterocycles. The first-order chi connectivity index (χ1) is 15.5. The van der Waals surface area contributed by atoms with E-state index in [9.17, 15) is 5.11 Å². The molecule has 4 aliphatic rings. The quantitative estimate of drug-likeness (QED) is 0.382. The van der Waals surface area contributed by atoms with Crippen molar-refractivity contribution in [1.29, 1.82) is 0 Å². The molecule has 33 heavy (non-hydrogen) atoms. The number of allylic oxidation sites excluding steroid dienone is 5. The first kappa shape index (κ1) is 25.3. The van der Waals surface area contributed by atoms with Crippen LogP contribution in [0.4, 0.5) is 0 Å². The molecule has 4 rings (SSSR count). The fraction of sp³-hybridized carbons (Fsp3) is 0.812. The predicted octanol–water partition coefficient (Wildman–Crippen LogP) is 8.89. The third kappa shape index (κ3) is 4.03. The molecule has 0 radical (unpaired) electrons. The Kier molecular flexibility index (Phi) is 6.89. The van der Waals surface area contributed by atoms with Crippen molar-refractivity contribution in [2.45, 2.75) is 119 Å². The Balaban J connectivity index is 1.62. The lowest BCUT2D eigenvalue weighted by Gasteiger charge is -2.61.